The predicted molar refractivity (Wildman–Crippen MR) is 69.7 cm³/mol. The molecule has 0 bridgehead atoms. The quantitative estimate of drug-likeness (QED) is 0.649. The third-order valence-corrected chi connectivity index (χ3v) is 2.99. The van der Waals surface area contributed by atoms with E-state index in [0.29, 0.717) is 0 Å². The maximum absolute atomic E-state index is 3.96. The molecule has 80 valence electrons. The summed E-state index contributed by atoms with van der Waals surface area (Å²) in [6.45, 7) is 0. The Labute approximate surface area is 102 Å². The number of hydrogen-bond acceptors (Lipinski definition) is 4. The molecule has 1 aromatic carbocycles. The van der Waals surface area contributed by atoms with E-state index in [2.05, 4.69) is 9.59 Å². The molecule has 0 N–H and O–H groups in total. The van der Waals surface area contributed by atoms with Crippen molar-refractivity contribution in [3.8, 4) is 11.3 Å². The van der Waals surface area contributed by atoms with E-state index in [9.17, 15) is 0 Å². The molecule has 0 aliphatic heterocycles. The highest BCUT2D eigenvalue weighted by Crippen LogP contribution is 2.15. The minimum absolute atomic E-state index is 0.954. The van der Waals surface area contributed by atoms with Crippen LogP contribution in [0.5, 0.6) is 0 Å². The first-order valence-corrected chi connectivity index (χ1v) is 6.54. The van der Waals surface area contributed by atoms with Crippen molar-refractivity contribution in [2.75, 3.05) is 0 Å². The van der Waals surface area contributed by atoms with Crippen LogP contribution in [0.1, 0.15) is 0 Å². The summed E-state index contributed by atoms with van der Waals surface area (Å²) in [5, 5.41) is 9.98. The van der Waals surface area contributed by atoms with Crippen LogP contribution >= 0.6 is 22.9 Å². The monoisotopic (exact) mass is 246 g/mol. The van der Waals surface area contributed by atoms with Crippen LogP contribution in [0.15, 0.2) is 58.6 Å². The molecule has 0 spiro atoms. The van der Waals surface area contributed by atoms with Gasteiger partial charge in [-0.2, -0.15) is 11.3 Å². The number of benzene rings is 1. The summed E-state index contributed by atoms with van der Waals surface area (Å²) in [6.07, 6.45) is 0. The minimum atomic E-state index is 0.954. The van der Waals surface area contributed by atoms with Gasteiger partial charge in [-0.05, 0) is 22.3 Å². The Morgan fingerprint density at radius 3 is 2.12 bits per heavy atom. The van der Waals surface area contributed by atoms with Gasteiger partial charge in [0.15, 0.2) is 0 Å². The maximum Gasteiger partial charge on any atom is 0.105 e. The van der Waals surface area contributed by atoms with Crippen LogP contribution in [0.3, 0.4) is 0 Å². The number of thiophene rings is 1. The molecular formula is C12H10N2S2. The zero-order valence-electron chi connectivity index (χ0n) is 8.48. The Hall–Kier alpha value is -1.52. The highest BCUT2D eigenvalue weighted by molar-refractivity contribution is 7.07. The molecule has 0 fully saturated rings. The van der Waals surface area contributed by atoms with Gasteiger partial charge >= 0.3 is 0 Å². The first-order valence-electron chi connectivity index (χ1n) is 4.76. The molecule has 0 radical (unpaired) electrons. The van der Waals surface area contributed by atoms with Crippen molar-refractivity contribution in [1.29, 1.82) is 0 Å². The predicted octanol–water partition coefficient (Wildman–Crippen LogP) is 3.95. The molecule has 3 aromatic rings. The first-order chi connectivity index (χ1) is 7.97. The SMILES string of the molecule is c1ccc(-c2csnn2)cc1.c1ccsc1. The molecule has 3 rings (SSSR count). The van der Waals surface area contributed by atoms with Gasteiger partial charge in [0.25, 0.3) is 0 Å². The molecule has 2 nitrogen and oxygen atoms in total. The molecule has 0 unspecified atom stereocenters. The van der Waals surface area contributed by atoms with Crippen LogP contribution in [0.4, 0.5) is 0 Å². The van der Waals surface area contributed by atoms with Crippen molar-refractivity contribution >= 4 is 22.9 Å². The van der Waals surface area contributed by atoms with Gasteiger partial charge in [-0.3, -0.25) is 0 Å². The highest BCUT2D eigenvalue weighted by Gasteiger charge is 1.96. The molecule has 0 aliphatic carbocycles. The van der Waals surface area contributed by atoms with Gasteiger partial charge in [0.1, 0.15) is 5.69 Å². The third kappa shape index (κ3) is 3.25. The van der Waals surface area contributed by atoms with Crippen molar-refractivity contribution in [3.63, 3.8) is 0 Å². The second-order valence-corrected chi connectivity index (χ2v) is 4.38. The Kier molecular flexibility index (Phi) is 4.22. The van der Waals surface area contributed by atoms with Crippen molar-refractivity contribution in [2.24, 2.45) is 0 Å². The van der Waals surface area contributed by atoms with Gasteiger partial charge in [0.2, 0.25) is 0 Å². The third-order valence-electron chi connectivity index (χ3n) is 1.85. The van der Waals surface area contributed by atoms with Gasteiger partial charge in [-0.15, -0.1) is 5.10 Å². The standard InChI is InChI=1S/C8H6N2S.C4H4S/c1-2-4-7(5-3-1)8-6-11-10-9-8;1-2-4-5-3-1/h1-6H;1-4H. The van der Waals surface area contributed by atoms with E-state index < -0.39 is 0 Å². The number of nitrogens with zero attached hydrogens (tertiary/aromatic N) is 2. The summed E-state index contributed by atoms with van der Waals surface area (Å²) < 4.78 is 3.79. The average molecular weight is 246 g/mol. The molecule has 0 amide bonds. The Morgan fingerprint density at radius 1 is 0.875 bits per heavy atom. The molecule has 4 heteroatoms. The molecule has 0 saturated heterocycles. The fourth-order valence-corrected chi connectivity index (χ4v) is 2.05. The lowest BCUT2D eigenvalue weighted by atomic mass is 10.2. The Balaban J connectivity index is 0.000000162. The van der Waals surface area contributed by atoms with Crippen molar-refractivity contribution in [3.05, 3.63) is 58.6 Å². The molecule has 0 saturated carbocycles. The summed E-state index contributed by atoms with van der Waals surface area (Å²) in [7, 11) is 0. The zero-order chi connectivity index (χ0) is 11.1. The molecule has 0 aliphatic rings. The Bertz CT molecular complexity index is 458. The van der Waals surface area contributed by atoms with E-state index in [0.717, 1.165) is 11.3 Å². The topological polar surface area (TPSA) is 25.8 Å². The first kappa shape index (κ1) is 11.0. The van der Waals surface area contributed by atoms with E-state index in [4.69, 9.17) is 0 Å². The number of hydrogen-bond donors (Lipinski definition) is 0. The van der Waals surface area contributed by atoms with Crippen molar-refractivity contribution in [1.82, 2.24) is 9.59 Å². The van der Waals surface area contributed by atoms with E-state index in [1.54, 1.807) is 11.3 Å². The van der Waals surface area contributed by atoms with Crippen LogP contribution in [0.25, 0.3) is 11.3 Å². The lowest BCUT2D eigenvalue weighted by molar-refractivity contribution is 1.16. The van der Waals surface area contributed by atoms with Crippen molar-refractivity contribution in [2.45, 2.75) is 0 Å². The lowest BCUT2D eigenvalue weighted by Crippen LogP contribution is -1.75. The molecular weight excluding hydrogens is 236 g/mol. The molecule has 2 aromatic heterocycles. The van der Waals surface area contributed by atoms with Crippen LogP contribution in [-0.2, 0) is 0 Å². The van der Waals surface area contributed by atoms with Gasteiger partial charge in [0.05, 0.1) is 0 Å². The summed E-state index contributed by atoms with van der Waals surface area (Å²) in [5.74, 6) is 0. The fraction of sp³-hybridized carbons (Fsp3) is 0. The molecule has 2 heterocycles. The second kappa shape index (κ2) is 6.15. The summed E-state index contributed by atoms with van der Waals surface area (Å²) in [6, 6.07) is 14.1. The number of aromatic nitrogens is 2. The highest BCUT2D eigenvalue weighted by atomic mass is 32.1. The Morgan fingerprint density at radius 2 is 1.62 bits per heavy atom. The van der Waals surface area contributed by atoms with Gasteiger partial charge < -0.3 is 0 Å². The summed E-state index contributed by atoms with van der Waals surface area (Å²) >= 11 is 3.09. The molecule has 16 heavy (non-hydrogen) atoms. The summed E-state index contributed by atoms with van der Waals surface area (Å²) in [4.78, 5) is 0. The van der Waals surface area contributed by atoms with Crippen LogP contribution in [0.2, 0.25) is 0 Å². The van der Waals surface area contributed by atoms with Gasteiger partial charge in [0, 0.05) is 10.9 Å². The zero-order valence-corrected chi connectivity index (χ0v) is 10.1. The van der Waals surface area contributed by atoms with Gasteiger partial charge in [-0.1, -0.05) is 47.0 Å². The normalized spacial score (nSPS) is 9.25. The maximum atomic E-state index is 3.96. The van der Waals surface area contributed by atoms with Crippen LogP contribution in [-0.4, -0.2) is 9.59 Å². The largest absolute Gasteiger partial charge is 0.152 e. The van der Waals surface area contributed by atoms with Crippen LogP contribution in [0, 0.1) is 0 Å². The van der Waals surface area contributed by atoms with E-state index in [-0.39, 0.29) is 0 Å². The smallest absolute Gasteiger partial charge is 0.105 e. The fourth-order valence-electron chi connectivity index (χ4n) is 1.13. The molecule has 0 atom stereocenters. The summed E-state index contributed by atoms with van der Waals surface area (Å²) in [5.41, 5.74) is 2.08. The average Bonchev–Trinajstić information content (AvgIpc) is 3.07. The van der Waals surface area contributed by atoms with Crippen LogP contribution < -0.4 is 0 Å². The van der Waals surface area contributed by atoms with E-state index in [1.165, 1.54) is 11.5 Å². The second-order valence-electron chi connectivity index (χ2n) is 2.95. The number of rotatable bonds is 1. The lowest BCUT2D eigenvalue weighted by Gasteiger charge is -1.90. The van der Waals surface area contributed by atoms with E-state index in [1.807, 2.05) is 58.6 Å². The van der Waals surface area contributed by atoms with E-state index >= 15 is 0 Å². The minimum Gasteiger partial charge on any atom is -0.152 e. The van der Waals surface area contributed by atoms with Crippen molar-refractivity contribution < 1.29 is 0 Å². The van der Waals surface area contributed by atoms with Gasteiger partial charge in [-0.25, -0.2) is 0 Å².